The average Bonchev–Trinajstić information content (AvgIpc) is 2.71. The fraction of sp³-hybridized carbons (Fsp3) is 0.583. The SMILES string of the molecule is CCCc1cc(OCCOCC(F)(F)F)c(C(=O)O)s1. The summed E-state index contributed by atoms with van der Waals surface area (Å²) in [5.41, 5.74) is 0. The minimum atomic E-state index is -4.37. The number of halogens is 3. The van der Waals surface area contributed by atoms with Crippen molar-refractivity contribution in [3.63, 3.8) is 0 Å². The summed E-state index contributed by atoms with van der Waals surface area (Å²) in [6, 6.07) is 1.61. The van der Waals surface area contributed by atoms with Crippen LogP contribution >= 0.6 is 11.3 Å². The highest BCUT2D eigenvalue weighted by molar-refractivity contribution is 7.14. The number of aromatic carboxylic acids is 1. The van der Waals surface area contributed by atoms with Crippen LogP contribution in [0.3, 0.4) is 0 Å². The van der Waals surface area contributed by atoms with Gasteiger partial charge >= 0.3 is 12.1 Å². The van der Waals surface area contributed by atoms with Gasteiger partial charge in [0.1, 0.15) is 19.0 Å². The van der Waals surface area contributed by atoms with Crippen LogP contribution in [-0.4, -0.2) is 37.1 Å². The molecule has 0 spiro atoms. The molecule has 0 radical (unpaired) electrons. The number of carboxylic acids is 1. The van der Waals surface area contributed by atoms with Crippen molar-refractivity contribution < 1.29 is 32.5 Å². The van der Waals surface area contributed by atoms with Crippen molar-refractivity contribution in [3.8, 4) is 5.75 Å². The third-order valence-electron chi connectivity index (χ3n) is 2.19. The quantitative estimate of drug-likeness (QED) is 0.748. The Morgan fingerprint density at radius 1 is 1.40 bits per heavy atom. The van der Waals surface area contributed by atoms with E-state index >= 15 is 0 Å². The van der Waals surface area contributed by atoms with Crippen molar-refractivity contribution >= 4 is 17.3 Å². The number of hydrogen-bond donors (Lipinski definition) is 1. The predicted molar refractivity (Wildman–Crippen MR) is 67.6 cm³/mol. The zero-order chi connectivity index (χ0) is 15.2. The zero-order valence-electron chi connectivity index (χ0n) is 10.8. The summed E-state index contributed by atoms with van der Waals surface area (Å²) >= 11 is 1.11. The van der Waals surface area contributed by atoms with Gasteiger partial charge < -0.3 is 14.6 Å². The molecule has 1 rings (SSSR count). The highest BCUT2D eigenvalue weighted by Crippen LogP contribution is 2.30. The second-order valence-corrected chi connectivity index (χ2v) is 5.11. The van der Waals surface area contributed by atoms with Crippen molar-refractivity contribution in [2.45, 2.75) is 25.9 Å². The lowest BCUT2D eigenvalue weighted by Gasteiger charge is -2.08. The number of alkyl halides is 3. The first kappa shape index (κ1) is 16.8. The summed E-state index contributed by atoms with van der Waals surface area (Å²) in [6.45, 7) is 0.245. The van der Waals surface area contributed by atoms with Crippen LogP contribution < -0.4 is 4.74 Å². The molecule has 0 fully saturated rings. The molecular weight excluding hydrogens is 297 g/mol. The molecule has 0 bridgehead atoms. The van der Waals surface area contributed by atoms with Gasteiger partial charge in [0.2, 0.25) is 0 Å². The molecular formula is C12H15F3O4S. The van der Waals surface area contributed by atoms with Crippen LogP contribution in [-0.2, 0) is 11.2 Å². The monoisotopic (exact) mass is 312 g/mol. The van der Waals surface area contributed by atoms with Gasteiger partial charge in [-0.3, -0.25) is 0 Å². The number of hydrogen-bond acceptors (Lipinski definition) is 4. The molecule has 0 aliphatic rings. The van der Waals surface area contributed by atoms with Gasteiger partial charge in [-0.2, -0.15) is 13.2 Å². The van der Waals surface area contributed by atoms with E-state index in [-0.39, 0.29) is 23.8 Å². The zero-order valence-corrected chi connectivity index (χ0v) is 11.6. The van der Waals surface area contributed by atoms with E-state index in [9.17, 15) is 18.0 Å². The molecule has 4 nitrogen and oxygen atoms in total. The van der Waals surface area contributed by atoms with E-state index in [4.69, 9.17) is 9.84 Å². The van der Waals surface area contributed by atoms with E-state index in [2.05, 4.69) is 4.74 Å². The summed E-state index contributed by atoms with van der Waals surface area (Å²) < 4.78 is 45.0. The van der Waals surface area contributed by atoms with Crippen molar-refractivity contribution in [1.82, 2.24) is 0 Å². The number of carbonyl (C=O) groups is 1. The summed E-state index contributed by atoms with van der Waals surface area (Å²) in [7, 11) is 0. The minimum Gasteiger partial charge on any atom is -0.489 e. The summed E-state index contributed by atoms with van der Waals surface area (Å²) in [4.78, 5) is 11.9. The Labute approximate surface area is 118 Å². The molecule has 0 amide bonds. The van der Waals surface area contributed by atoms with Crippen LogP contribution in [0.1, 0.15) is 27.9 Å². The van der Waals surface area contributed by atoms with Crippen molar-refractivity contribution in [3.05, 3.63) is 15.8 Å². The van der Waals surface area contributed by atoms with Gasteiger partial charge in [-0.15, -0.1) is 11.3 Å². The minimum absolute atomic E-state index is 0.0595. The van der Waals surface area contributed by atoms with Gasteiger partial charge in [0, 0.05) is 4.88 Å². The van der Waals surface area contributed by atoms with Gasteiger partial charge in [0.25, 0.3) is 0 Å². The fourth-order valence-electron chi connectivity index (χ4n) is 1.45. The third-order valence-corrected chi connectivity index (χ3v) is 3.35. The number of thiophene rings is 1. The number of rotatable bonds is 8. The topological polar surface area (TPSA) is 55.8 Å². The first-order chi connectivity index (χ1) is 9.33. The third kappa shape index (κ3) is 5.79. The lowest BCUT2D eigenvalue weighted by atomic mass is 10.3. The maximum atomic E-state index is 11.8. The Balaban J connectivity index is 2.48. The lowest BCUT2D eigenvalue weighted by Crippen LogP contribution is -2.19. The smallest absolute Gasteiger partial charge is 0.411 e. The molecule has 8 heteroatoms. The molecule has 0 saturated carbocycles. The Hall–Kier alpha value is -1.28. The van der Waals surface area contributed by atoms with Crippen molar-refractivity contribution in [2.75, 3.05) is 19.8 Å². The highest BCUT2D eigenvalue weighted by atomic mass is 32.1. The van der Waals surface area contributed by atoms with E-state index in [1.54, 1.807) is 6.07 Å². The standard InChI is InChI=1S/C12H15F3O4S/c1-2-3-8-6-9(10(20-8)11(16)17)19-5-4-18-7-12(13,14)15/h6H,2-5,7H2,1H3,(H,16,17). The van der Waals surface area contributed by atoms with Gasteiger partial charge in [-0.05, 0) is 12.5 Å². The molecule has 1 N–H and O–H groups in total. The van der Waals surface area contributed by atoms with E-state index in [0.29, 0.717) is 0 Å². The second-order valence-electron chi connectivity index (χ2n) is 3.98. The molecule has 0 unspecified atom stereocenters. The predicted octanol–water partition coefficient (Wildman–Crippen LogP) is 3.36. The average molecular weight is 312 g/mol. The van der Waals surface area contributed by atoms with E-state index in [1.807, 2.05) is 6.92 Å². The van der Waals surface area contributed by atoms with E-state index in [1.165, 1.54) is 0 Å². The van der Waals surface area contributed by atoms with Crippen LogP contribution in [0.15, 0.2) is 6.07 Å². The number of aryl methyl sites for hydroxylation is 1. The summed E-state index contributed by atoms with van der Waals surface area (Å²) in [6.07, 6.45) is -2.77. The summed E-state index contributed by atoms with van der Waals surface area (Å²) in [5, 5.41) is 9.01. The van der Waals surface area contributed by atoms with E-state index < -0.39 is 18.8 Å². The van der Waals surface area contributed by atoms with Crippen LogP contribution in [0.25, 0.3) is 0 Å². The molecule has 1 aromatic heterocycles. The molecule has 0 aliphatic heterocycles. The molecule has 1 heterocycles. The number of carboxylic acid groups (broad SMARTS) is 1. The van der Waals surface area contributed by atoms with Crippen LogP contribution in [0.5, 0.6) is 5.75 Å². The molecule has 20 heavy (non-hydrogen) atoms. The first-order valence-electron chi connectivity index (χ1n) is 5.96. The normalized spacial score (nSPS) is 11.6. The Morgan fingerprint density at radius 3 is 2.65 bits per heavy atom. The summed E-state index contributed by atoms with van der Waals surface area (Å²) in [5.74, 6) is -0.926. The molecule has 0 aromatic carbocycles. The van der Waals surface area contributed by atoms with Gasteiger partial charge in [-0.25, -0.2) is 4.79 Å². The molecule has 1 aromatic rings. The Bertz CT molecular complexity index is 442. The van der Waals surface area contributed by atoms with E-state index in [0.717, 1.165) is 29.1 Å². The Kier molecular flexibility index (Phi) is 6.28. The van der Waals surface area contributed by atoms with Crippen LogP contribution in [0, 0.1) is 0 Å². The lowest BCUT2D eigenvalue weighted by molar-refractivity contribution is -0.175. The van der Waals surface area contributed by atoms with Crippen molar-refractivity contribution in [1.29, 1.82) is 0 Å². The molecule has 114 valence electrons. The largest absolute Gasteiger partial charge is 0.489 e. The fourth-order valence-corrected chi connectivity index (χ4v) is 2.49. The number of ether oxygens (including phenoxy) is 2. The maximum Gasteiger partial charge on any atom is 0.411 e. The Morgan fingerprint density at radius 2 is 2.10 bits per heavy atom. The van der Waals surface area contributed by atoms with Crippen LogP contribution in [0.4, 0.5) is 13.2 Å². The molecule has 0 aliphatic carbocycles. The van der Waals surface area contributed by atoms with Gasteiger partial charge in [0.15, 0.2) is 4.88 Å². The maximum absolute atomic E-state index is 11.8. The highest BCUT2D eigenvalue weighted by Gasteiger charge is 2.27. The molecule has 0 saturated heterocycles. The second kappa shape index (κ2) is 7.49. The van der Waals surface area contributed by atoms with Gasteiger partial charge in [-0.1, -0.05) is 13.3 Å². The van der Waals surface area contributed by atoms with Crippen LogP contribution in [0.2, 0.25) is 0 Å². The molecule has 0 atom stereocenters. The van der Waals surface area contributed by atoms with Gasteiger partial charge in [0.05, 0.1) is 6.61 Å². The van der Waals surface area contributed by atoms with Crippen molar-refractivity contribution in [2.24, 2.45) is 0 Å². The first-order valence-corrected chi connectivity index (χ1v) is 6.78.